The van der Waals surface area contributed by atoms with Crippen molar-refractivity contribution in [2.45, 2.75) is 18.7 Å². The first kappa shape index (κ1) is 21.0. The summed E-state index contributed by atoms with van der Waals surface area (Å²) >= 11 is 0. The Hall–Kier alpha value is -2.75. The number of amides is 2. The lowest BCUT2D eigenvalue weighted by atomic mass is 10.1. The van der Waals surface area contributed by atoms with Crippen LogP contribution in [-0.4, -0.2) is 50.8 Å². The predicted octanol–water partition coefficient (Wildman–Crippen LogP) is 1.40. The summed E-state index contributed by atoms with van der Waals surface area (Å²) in [5.41, 5.74) is 7.23. The van der Waals surface area contributed by atoms with Crippen LogP contribution in [0.3, 0.4) is 0 Å². The number of morpholine rings is 1. The molecule has 29 heavy (non-hydrogen) atoms. The van der Waals surface area contributed by atoms with Gasteiger partial charge in [-0.15, -0.1) is 0 Å². The second-order valence-electron chi connectivity index (χ2n) is 6.75. The molecule has 0 unspecified atom stereocenters. The molecule has 8 nitrogen and oxygen atoms in total. The number of nitrogens with one attached hydrogen (secondary N) is 2. The fourth-order valence-electron chi connectivity index (χ4n) is 2.87. The van der Waals surface area contributed by atoms with Crippen molar-refractivity contribution in [2.75, 3.05) is 26.3 Å². The molecule has 2 aromatic rings. The molecule has 3 rings (SSSR count). The lowest BCUT2D eigenvalue weighted by molar-refractivity contribution is 0.0730. The number of sulfonamides is 1. The van der Waals surface area contributed by atoms with E-state index >= 15 is 0 Å². The van der Waals surface area contributed by atoms with Crippen molar-refractivity contribution >= 4 is 21.8 Å². The zero-order valence-electron chi connectivity index (χ0n) is 16.3. The molecule has 0 atom stereocenters. The first-order valence-corrected chi connectivity index (χ1v) is 10.6. The van der Waals surface area contributed by atoms with Gasteiger partial charge in [-0.25, -0.2) is 8.42 Å². The van der Waals surface area contributed by atoms with Gasteiger partial charge >= 0.3 is 0 Å². The van der Waals surface area contributed by atoms with Crippen molar-refractivity contribution in [3.8, 4) is 0 Å². The fourth-order valence-corrected chi connectivity index (χ4v) is 4.33. The van der Waals surface area contributed by atoms with Crippen molar-refractivity contribution < 1.29 is 22.7 Å². The number of hydrogen-bond donors (Lipinski definition) is 2. The van der Waals surface area contributed by atoms with E-state index in [2.05, 4.69) is 10.9 Å². The van der Waals surface area contributed by atoms with Crippen LogP contribution in [0.2, 0.25) is 0 Å². The summed E-state index contributed by atoms with van der Waals surface area (Å²) in [6, 6.07) is 10.9. The maximum absolute atomic E-state index is 12.7. The molecule has 0 saturated carbocycles. The van der Waals surface area contributed by atoms with E-state index in [4.69, 9.17) is 4.74 Å². The van der Waals surface area contributed by atoms with Crippen LogP contribution >= 0.6 is 0 Å². The number of rotatable bonds is 4. The Balaban J connectivity index is 1.69. The van der Waals surface area contributed by atoms with Gasteiger partial charge in [0, 0.05) is 24.2 Å². The van der Waals surface area contributed by atoms with E-state index in [0.29, 0.717) is 18.8 Å². The van der Waals surface area contributed by atoms with Gasteiger partial charge in [0.05, 0.1) is 18.1 Å². The second-order valence-corrected chi connectivity index (χ2v) is 8.69. The van der Waals surface area contributed by atoms with Gasteiger partial charge in [-0.05, 0) is 55.3 Å². The molecule has 1 aliphatic heterocycles. The minimum absolute atomic E-state index is 0.0209. The highest BCUT2D eigenvalue weighted by atomic mass is 32.2. The zero-order chi connectivity index (χ0) is 21.0. The summed E-state index contributed by atoms with van der Waals surface area (Å²) in [4.78, 5) is 24.7. The van der Waals surface area contributed by atoms with Gasteiger partial charge in [0.2, 0.25) is 10.0 Å². The maximum Gasteiger partial charge on any atom is 0.269 e. The molecule has 0 radical (unpaired) electrons. The van der Waals surface area contributed by atoms with Crippen LogP contribution in [0, 0.1) is 13.8 Å². The SMILES string of the molecule is Cc1ccc(C(=O)NNC(=O)c2cccc(S(=O)(=O)N3CCOCC3)c2)cc1C. The third-order valence-electron chi connectivity index (χ3n) is 4.76. The molecule has 2 amide bonds. The number of hydrazine groups is 1. The second kappa shape index (κ2) is 8.73. The standard InChI is InChI=1S/C20H23N3O5S/c1-14-6-7-17(12-15(14)2)20(25)22-21-19(24)16-4-3-5-18(13-16)29(26,27)23-8-10-28-11-9-23/h3-7,12-13H,8-11H2,1-2H3,(H,21,24)(H,22,25). The van der Waals surface area contributed by atoms with Crippen LogP contribution in [0.25, 0.3) is 0 Å². The van der Waals surface area contributed by atoms with Crippen molar-refractivity contribution in [3.05, 3.63) is 64.7 Å². The highest BCUT2D eigenvalue weighted by Crippen LogP contribution is 2.18. The Morgan fingerprint density at radius 2 is 1.52 bits per heavy atom. The van der Waals surface area contributed by atoms with Gasteiger partial charge in [0.15, 0.2) is 0 Å². The average Bonchev–Trinajstić information content (AvgIpc) is 2.74. The van der Waals surface area contributed by atoms with E-state index in [1.807, 2.05) is 19.9 Å². The van der Waals surface area contributed by atoms with Crippen molar-refractivity contribution in [1.82, 2.24) is 15.2 Å². The lowest BCUT2D eigenvalue weighted by Crippen LogP contribution is -2.42. The van der Waals surface area contributed by atoms with E-state index in [-0.39, 0.29) is 23.5 Å². The largest absolute Gasteiger partial charge is 0.379 e. The van der Waals surface area contributed by atoms with E-state index in [1.165, 1.54) is 28.6 Å². The Morgan fingerprint density at radius 1 is 0.897 bits per heavy atom. The van der Waals surface area contributed by atoms with E-state index in [1.54, 1.807) is 12.1 Å². The molecule has 154 valence electrons. The molecule has 1 fully saturated rings. The minimum atomic E-state index is -3.72. The Bertz CT molecular complexity index is 1030. The van der Waals surface area contributed by atoms with Crippen LogP contribution in [0.4, 0.5) is 0 Å². The molecule has 2 N–H and O–H groups in total. The maximum atomic E-state index is 12.7. The monoisotopic (exact) mass is 417 g/mol. The number of carbonyl (C=O) groups is 2. The molecular weight excluding hydrogens is 394 g/mol. The quantitative estimate of drug-likeness (QED) is 0.732. The molecule has 0 aromatic heterocycles. The molecule has 1 saturated heterocycles. The molecule has 2 aromatic carbocycles. The summed E-state index contributed by atoms with van der Waals surface area (Å²) in [5, 5.41) is 0. The van der Waals surface area contributed by atoms with Crippen molar-refractivity contribution in [3.63, 3.8) is 0 Å². The minimum Gasteiger partial charge on any atom is -0.379 e. The highest BCUT2D eigenvalue weighted by molar-refractivity contribution is 7.89. The molecule has 1 heterocycles. The van der Waals surface area contributed by atoms with E-state index in [0.717, 1.165) is 11.1 Å². The van der Waals surface area contributed by atoms with Gasteiger partial charge in [-0.1, -0.05) is 12.1 Å². The van der Waals surface area contributed by atoms with Crippen LogP contribution in [0.1, 0.15) is 31.8 Å². The molecule has 0 bridgehead atoms. The number of benzene rings is 2. The third kappa shape index (κ3) is 4.81. The van der Waals surface area contributed by atoms with E-state index < -0.39 is 21.8 Å². The highest BCUT2D eigenvalue weighted by Gasteiger charge is 2.26. The summed E-state index contributed by atoms with van der Waals surface area (Å²) in [5.74, 6) is -1.07. The van der Waals surface area contributed by atoms with Crippen LogP contribution in [0.5, 0.6) is 0 Å². The number of nitrogens with zero attached hydrogens (tertiary/aromatic N) is 1. The molecular formula is C20H23N3O5S. The first-order valence-electron chi connectivity index (χ1n) is 9.15. The number of carbonyl (C=O) groups excluding carboxylic acids is 2. The number of ether oxygens (including phenoxy) is 1. The number of aryl methyl sites for hydroxylation is 2. The first-order chi connectivity index (χ1) is 13.8. The van der Waals surface area contributed by atoms with Crippen LogP contribution in [0.15, 0.2) is 47.4 Å². The summed E-state index contributed by atoms with van der Waals surface area (Å²) in [6.45, 7) is 5.05. The van der Waals surface area contributed by atoms with Crippen LogP contribution in [-0.2, 0) is 14.8 Å². The van der Waals surface area contributed by atoms with Crippen molar-refractivity contribution in [1.29, 1.82) is 0 Å². The molecule has 1 aliphatic rings. The van der Waals surface area contributed by atoms with Gasteiger partial charge in [-0.2, -0.15) is 4.31 Å². The third-order valence-corrected chi connectivity index (χ3v) is 6.66. The smallest absolute Gasteiger partial charge is 0.269 e. The number of hydrogen-bond acceptors (Lipinski definition) is 5. The van der Waals surface area contributed by atoms with Crippen molar-refractivity contribution in [2.24, 2.45) is 0 Å². The molecule has 9 heteroatoms. The van der Waals surface area contributed by atoms with Gasteiger partial charge < -0.3 is 4.74 Å². The normalized spacial score (nSPS) is 15.0. The lowest BCUT2D eigenvalue weighted by Gasteiger charge is -2.26. The topological polar surface area (TPSA) is 105 Å². The molecule has 0 aliphatic carbocycles. The summed E-state index contributed by atoms with van der Waals surface area (Å²) in [6.07, 6.45) is 0. The van der Waals surface area contributed by atoms with Crippen LogP contribution < -0.4 is 10.9 Å². The zero-order valence-corrected chi connectivity index (χ0v) is 17.1. The van der Waals surface area contributed by atoms with Gasteiger partial charge in [0.25, 0.3) is 11.8 Å². The Kier molecular flexibility index (Phi) is 6.31. The predicted molar refractivity (Wildman–Crippen MR) is 107 cm³/mol. The molecule has 0 spiro atoms. The van der Waals surface area contributed by atoms with Gasteiger partial charge in [0.1, 0.15) is 0 Å². The summed E-state index contributed by atoms with van der Waals surface area (Å²) < 4.78 is 32.0. The Labute approximate surface area is 169 Å². The fraction of sp³-hybridized carbons (Fsp3) is 0.300. The summed E-state index contributed by atoms with van der Waals surface area (Å²) in [7, 11) is -3.72. The average molecular weight is 417 g/mol. The van der Waals surface area contributed by atoms with Gasteiger partial charge in [-0.3, -0.25) is 20.4 Å². The Morgan fingerprint density at radius 3 is 2.14 bits per heavy atom. The van der Waals surface area contributed by atoms with E-state index in [9.17, 15) is 18.0 Å².